The van der Waals surface area contributed by atoms with Crippen molar-refractivity contribution >= 4 is 0 Å². The normalized spacial score (nSPS) is 12.5. The van der Waals surface area contributed by atoms with Gasteiger partial charge in [-0.2, -0.15) is 0 Å². The van der Waals surface area contributed by atoms with Crippen molar-refractivity contribution in [3.05, 3.63) is 54.1 Å². The first-order valence-electron chi connectivity index (χ1n) is 7.09. The first-order chi connectivity index (χ1) is 9.31. The third-order valence-electron chi connectivity index (χ3n) is 3.34. The molecule has 1 N–H and O–H groups in total. The molecule has 0 aliphatic heterocycles. The van der Waals surface area contributed by atoms with Crippen LogP contribution >= 0.6 is 0 Å². The lowest BCUT2D eigenvalue weighted by Crippen LogP contribution is -2.22. The molecule has 0 aliphatic rings. The van der Waals surface area contributed by atoms with Crippen LogP contribution in [0.4, 0.5) is 0 Å². The third kappa shape index (κ3) is 3.93. The molecule has 0 saturated heterocycles. The second kappa shape index (κ2) is 7.10. The van der Waals surface area contributed by atoms with Crippen LogP contribution in [0.25, 0.3) is 0 Å². The smallest absolute Gasteiger partial charge is 0.0446 e. The van der Waals surface area contributed by atoms with Crippen LogP contribution in [0.1, 0.15) is 37.7 Å². The molecule has 1 unspecified atom stereocenters. The molecule has 0 radical (unpaired) electrons. The van der Waals surface area contributed by atoms with Gasteiger partial charge >= 0.3 is 0 Å². The fourth-order valence-corrected chi connectivity index (χ4v) is 2.27. The number of aromatic nitrogens is 2. The average molecular weight is 257 g/mol. The Morgan fingerprint density at radius 2 is 2.16 bits per heavy atom. The van der Waals surface area contributed by atoms with Crippen molar-refractivity contribution in [1.82, 2.24) is 14.9 Å². The first-order valence-corrected chi connectivity index (χ1v) is 7.09. The molecule has 0 saturated carbocycles. The lowest BCUT2D eigenvalue weighted by atomic mass is 10.2. The molecule has 102 valence electrons. The maximum Gasteiger partial charge on any atom is 0.0446 e. The monoisotopic (exact) mass is 257 g/mol. The van der Waals surface area contributed by atoms with E-state index in [1.165, 1.54) is 12.1 Å². The van der Waals surface area contributed by atoms with Crippen LogP contribution in [0.3, 0.4) is 0 Å². The molecular weight excluding hydrogens is 234 g/mol. The number of rotatable bonds is 7. The molecule has 0 amide bonds. The maximum atomic E-state index is 4.37. The summed E-state index contributed by atoms with van der Waals surface area (Å²) in [7, 11) is 0. The van der Waals surface area contributed by atoms with Crippen LogP contribution in [0.15, 0.2) is 42.7 Å². The van der Waals surface area contributed by atoms with Gasteiger partial charge in [-0.1, -0.05) is 13.0 Å². The molecule has 2 aromatic heterocycles. The molecule has 3 heteroatoms. The standard InChI is InChI=1S/C16H23N3/c1-3-10-17-14(2)16-8-6-12-19(16)13-9-15-7-4-5-11-18-15/h4-8,11-12,14,17H,3,9-10,13H2,1-2H3. The van der Waals surface area contributed by atoms with Crippen LogP contribution in [0.5, 0.6) is 0 Å². The first kappa shape index (κ1) is 13.8. The summed E-state index contributed by atoms with van der Waals surface area (Å²) < 4.78 is 2.32. The Morgan fingerprint density at radius 3 is 2.89 bits per heavy atom. The summed E-state index contributed by atoms with van der Waals surface area (Å²) in [6.07, 6.45) is 6.15. The van der Waals surface area contributed by atoms with Crippen LogP contribution in [-0.4, -0.2) is 16.1 Å². The van der Waals surface area contributed by atoms with Gasteiger partial charge in [0, 0.05) is 42.8 Å². The van der Waals surface area contributed by atoms with Gasteiger partial charge in [-0.3, -0.25) is 4.98 Å². The summed E-state index contributed by atoms with van der Waals surface area (Å²) in [6.45, 7) is 6.46. The molecule has 0 bridgehead atoms. The summed E-state index contributed by atoms with van der Waals surface area (Å²) in [5, 5.41) is 3.54. The van der Waals surface area contributed by atoms with Crippen molar-refractivity contribution < 1.29 is 0 Å². The van der Waals surface area contributed by atoms with Crippen LogP contribution in [0.2, 0.25) is 0 Å². The summed E-state index contributed by atoms with van der Waals surface area (Å²) in [5.74, 6) is 0. The van der Waals surface area contributed by atoms with Gasteiger partial charge in [0.15, 0.2) is 0 Å². The van der Waals surface area contributed by atoms with Crippen LogP contribution < -0.4 is 5.32 Å². The van der Waals surface area contributed by atoms with E-state index in [2.05, 4.69) is 53.1 Å². The third-order valence-corrected chi connectivity index (χ3v) is 3.34. The van der Waals surface area contributed by atoms with Gasteiger partial charge in [-0.25, -0.2) is 0 Å². The number of aryl methyl sites for hydroxylation is 2. The van der Waals surface area contributed by atoms with E-state index in [-0.39, 0.29) is 0 Å². The van der Waals surface area contributed by atoms with E-state index in [9.17, 15) is 0 Å². The lowest BCUT2D eigenvalue weighted by molar-refractivity contribution is 0.522. The molecule has 0 spiro atoms. The predicted molar refractivity (Wildman–Crippen MR) is 79.1 cm³/mol. The Hall–Kier alpha value is -1.61. The predicted octanol–water partition coefficient (Wildman–Crippen LogP) is 3.19. The number of hydrogen-bond donors (Lipinski definition) is 1. The van der Waals surface area contributed by atoms with Gasteiger partial charge < -0.3 is 9.88 Å². The molecule has 2 rings (SSSR count). The van der Waals surface area contributed by atoms with E-state index in [1.54, 1.807) is 0 Å². The number of nitrogens with one attached hydrogen (secondary N) is 1. The fraction of sp³-hybridized carbons (Fsp3) is 0.438. The van der Waals surface area contributed by atoms with Crippen molar-refractivity contribution in [3.63, 3.8) is 0 Å². The van der Waals surface area contributed by atoms with E-state index < -0.39 is 0 Å². The van der Waals surface area contributed by atoms with Crippen molar-refractivity contribution in [2.45, 2.75) is 39.3 Å². The zero-order valence-electron chi connectivity index (χ0n) is 11.8. The lowest BCUT2D eigenvalue weighted by Gasteiger charge is -2.16. The molecule has 2 heterocycles. The van der Waals surface area contributed by atoms with Crippen molar-refractivity contribution in [2.75, 3.05) is 6.54 Å². The van der Waals surface area contributed by atoms with Gasteiger partial charge in [0.2, 0.25) is 0 Å². The second-order valence-electron chi connectivity index (χ2n) is 4.87. The van der Waals surface area contributed by atoms with Crippen LogP contribution in [0, 0.1) is 0 Å². The Balaban J connectivity index is 1.96. The average Bonchev–Trinajstić information content (AvgIpc) is 2.92. The summed E-state index contributed by atoms with van der Waals surface area (Å²) >= 11 is 0. The highest BCUT2D eigenvalue weighted by Gasteiger charge is 2.08. The number of pyridine rings is 1. The van der Waals surface area contributed by atoms with E-state index >= 15 is 0 Å². The summed E-state index contributed by atoms with van der Waals surface area (Å²) in [5.41, 5.74) is 2.50. The van der Waals surface area contributed by atoms with Crippen LogP contribution in [-0.2, 0) is 13.0 Å². The van der Waals surface area contributed by atoms with Gasteiger partial charge in [0.1, 0.15) is 0 Å². The minimum atomic E-state index is 0.402. The summed E-state index contributed by atoms with van der Waals surface area (Å²) in [4.78, 5) is 4.37. The van der Waals surface area contributed by atoms with Gasteiger partial charge in [-0.05, 0) is 44.2 Å². The van der Waals surface area contributed by atoms with E-state index in [0.29, 0.717) is 6.04 Å². The number of hydrogen-bond acceptors (Lipinski definition) is 2. The SMILES string of the molecule is CCCNC(C)c1cccn1CCc1ccccn1. The molecule has 0 aromatic carbocycles. The minimum absolute atomic E-state index is 0.402. The van der Waals surface area contributed by atoms with E-state index in [0.717, 1.165) is 25.2 Å². The maximum absolute atomic E-state index is 4.37. The Labute approximate surface area is 115 Å². The fourth-order valence-electron chi connectivity index (χ4n) is 2.27. The largest absolute Gasteiger partial charge is 0.350 e. The Bertz CT molecular complexity index is 476. The molecule has 0 aliphatic carbocycles. The van der Waals surface area contributed by atoms with Crippen molar-refractivity contribution in [1.29, 1.82) is 0 Å². The Morgan fingerprint density at radius 1 is 1.26 bits per heavy atom. The summed E-state index contributed by atoms with van der Waals surface area (Å²) in [6, 6.07) is 10.8. The van der Waals surface area contributed by atoms with Gasteiger partial charge in [0.05, 0.1) is 0 Å². The highest BCUT2D eigenvalue weighted by atomic mass is 15.0. The highest BCUT2D eigenvalue weighted by molar-refractivity contribution is 5.12. The van der Waals surface area contributed by atoms with Gasteiger partial charge in [-0.15, -0.1) is 0 Å². The molecule has 19 heavy (non-hydrogen) atoms. The van der Waals surface area contributed by atoms with Gasteiger partial charge in [0.25, 0.3) is 0 Å². The molecule has 2 aromatic rings. The topological polar surface area (TPSA) is 29.9 Å². The van der Waals surface area contributed by atoms with E-state index in [4.69, 9.17) is 0 Å². The minimum Gasteiger partial charge on any atom is -0.350 e. The number of nitrogens with zero attached hydrogens (tertiary/aromatic N) is 2. The quantitative estimate of drug-likeness (QED) is 0.825. The van der Waals surface area contributed by atoms with Crippen molar-refractivity contribution in [2.24, 2.45) is 0 Å². The highest BCUT2D eigenvalue weighted by Crippen LogP contribution is 2.14. The molecule has 1 atom stereocenters. The molecule has 3 nitrogen and oxygen atoms in total. The Kier molecular flexibility index (Phi) is 5.16. The molecule has 0 fully saturated rings. The second-order valence-corrected chi connectivity index (χ2v) is 4.87. The van der Waals surface area contributed by atoms with Crippen molar-refractivity contribution in [3.8, 4) is 0 Å². The molecular formula is C16H23N3. The van der Waals surface area contributed by atoms with E-state index in [1.807, 2.05) is 18.3 Å². The zero-order chi connectivity index (χ0) is 13.5. The zero-order valence-corrected chi connectivity index (χ0v) is 11.8.